The summed E-state index contributed by atoms with van der Waals surface area (Å²) >= 11 is 3.17. The molecule has 182 valence electrons. The first-order chi connectivity index (χ1) is 15.3. The average molecular weight is 533 g/mol. The van der Waals surface area contributed by atoms with E-state index in [-0.39, 0.29) is 21.4 Å². The van der Waals surface area contributed by atoms with Crippen molar-refractivity contribution in [3.05, 3.63) is 32.3 Å². The van der Waals surface area contributed by atoms with Crippen molar-refractivity contribution in [3.63, 3.8) is 0 Å². The van der Waals surface area contributed by atoms with Crippen LogP contribution in [0.1, 0.15) is 56.8 Å². The predicted octanol–water partition coefficient (Wildman–Crippen LogP) is 4.70. The van der Waals surface area contributed by atoms with Gasteiger partial charge in [-0.05, 0) is 39.7 Å². The molecule has 1 heterocycles. The van der Waals surface area contributed by atoms with E-state index in [0.29, 0.717) is 12.8 Å². The molecule has 1 saturated heterocycles. The quantitative estimate of drug-likeness (QED) is 0.419. The Labute approximate surface area is 198 Å². The molecule has 2 aliphatic rings. The van der Waals surface area contributed by atoms with E-state index in [1.807, 2.05) is 0 Å². The van der Waals surface area contributed by atoms with E-state index in [2.05, 4.69) is 26.6 Å². The Morgan fingerprint density at radius 2 is 1.82 bits per heavy atom. The largest absolute Gasteiger partial charge is 0.444 e. The Balaban J connectivity index is 1.89. The number of nitrogens with zero attached hydrogens (tertiary/aromatic N) is 2. The van der Waals surface area contributed by atoms with Crippen molar-refractivity contribution in [3.8, 4) is 0 Å². The van der Waals surface area contributed by atoms with Crippen LogP contribution < -0.4 is 10.6 Å². The molecule has 2 N–H and O–H groups in total. The molecule has 1 saturated carbocycles. The molecule has 2 atom stereocenters. The maximum atomic E-state index is 13.3. The minimum atomic E-state index is -2.97. The monoisotopic (exact) mass is 532 g/mol. The van der Waals surface area contributed by atoms with Gasteiger partial charge < -0.3 is 20.3 Å². The molecule has 33 heavy (non-hydrogen) atoms. The molecule has 1 aromatic rings. The summed E-state index contributed by atoms with van der Waals surface area (Å²) in [7, 11) is 0. The normalized spacial score (nSPS) is 22.2. The smallest absolute Gasteiger partial charge is 0.407 e. The van der Waals surface area contributed by atoms with Crippen LogP contribution in [0.25, 0.3) is 0 Å². The van der Waals surface area contributed by atoms with Crippen molar-refractivity contribution in [1.29, 1.82) is 0 Å². The topological polar surface area (TPSA) is 114 Å². The summed E-state index contributed by atoms with van der Waals surface area (Å²) in [6.07, 6.45) is 2.25. The minimum Gasteiger partial charge on any atom is -0.444 e. The molecular weight excluding hydrogens is 506 g/mol. The van der Waals surface area contributed by atoms with Crippen LogP contribution in [0.5, 0.6) is 0 Å². The van der Waals surface area contributed by atoms with Crippen LogP contribution in [0, 0.1) is 10.1 Å². The van der Waals surface area contributed by atoms with Crippen LogP contribution in [0.3, 0.4) is 0 Å². The molecule has 12 heteroatoms. The van der Waals surface area contributed by atoms with Gasteiger partial charge in [0.2, 0.25) is 0 Å². The third kappa shape index (κ3) is 6.30. The zero-order chi connectivity index (χ0) is 24.6. The number of likely N-dealkylation sites (tertiary alicyclic amines) is 1. The third-order valence-electron chi connectivity index (χ3n) is 5.44. The number of halogens is 3. The lowest BCUT2D eigenvalue weighted by Gasteiger charge is -2.39. The second kappa shape index (κ2) is 9.40. The lowest BCUT2D eigenvalue weighted by Crippen LogP contribution is -2.58. The molecule has 9 nitrogen and oxygen atoms in total. The van der Waals surface area contributed by atoms with Gasteiger partial charge >= 0.3 is 6.09 Å². The van der Waals surface area contributed by atoms with Crippen LogP contribution in [-0.4, -0.2) is 58.5 Å². The summed E-state index contributed by atoms with van der Waals surface area (Å²) in [5.41, 5.74) is -1.17. The van der Waals surface area contributed by atoms with Crippen LogP contribution in [-0.2, 0) is 4.74 Å². The van der Waals surface area contributed by atoms with E-state index >= 15 is 0 Å². The molecule has 1 aromatic carbocycles. The van der Waals surface area contributed by atoms with Gasteiger partial charge in [0.1, 0.15) is 11.3 Å². The number of nitro groups is 1. The molecule has 3 rings (SSSR count). The highest BCUT2D eigenvalue weighted by Gasteiger charge is 2.47. The van der Waals surface area contributed by atoms with Gasteiger partial charge in [0.05, 0.1) is 29.6 Å². The number of alkyl carbamates (subject to hydrolysis) is 1. The molecule has 2 amide bonds. The number of anilines is 1. The summed E-state index contributed by atoms with van der Waals surface area (Å²) in [6.45, 7) is 3.75. The number of benzene rings is 1. The van der Waals surface area contributed by atoms with E-state index in [9.17, 15) is 28.5 Å². The van der Waals surface area contributed by atoms with Crippen LogP contribution in [0.15, 0.2) is 16.6 Å². The second-order valence-corrected chi connectivity index (χ2v) is 10.3. The average Bonchev–Trinajstić information content (AvgIpc) is 2.66. The lowest BCUT2D eigenvalue weighted by molar-refractivity contribution is -0.384. The summed E-state index contributed by atoms with van der Waals surface area (Å²) in [6, 6.07) is 1.82. The number of amides is 2. The molecule has 2 fully saturated rings. The van der Waals surface area contributed by atoms with Gasteiger partial charge in [-0.15, -0.1) is 0 Å². The molecule has 0 unspecified atom stereocenters. The fourth-order valence-corrected chi connectivity index (χ4v) is 4.45. The first-order valence-electron chi connectivity index (χ1n) is 10.7. The minimum absolute atomic E-state index is 0.0497. The molecule has 0 radical (unpaired) electrons. The molecule has 0 bridgehead atoms. The van der Waals surface area contributed by atoms with Gasteiger partial charge in [0.25, 0.3) is 17.5 Å². The summed E-state index contributed by atoms with van der Waals surface area (Å²) < 4.78 is 32.3. The summed E-state index contributed by atoms with van der Waals surface area (Å²) in [5.74, 6) is -3.69. The number of carbonyl (C=O) groups excluding carboxylic acids is 2. The number of ether oxygens (including phenoxy) is 1. The van der Waals surface area contributed by atoms with Crippen molar-refractivity contribution >= 4 is 39.3 Å². The van der Waals surface area contributed by atoms with E-state index in [1.165, 1.54) is 12.1 Å². The van der Waals surface area contributed by atoms with Crippen LogP contribution >= 0.6 is 15.9 Å². The second-order valence-electron chi connectivity index (χ2n) is 9.41. The predicted molar refractivity (Wildman–Crippen MR) is 121 cm³/mol. The molecule has 1 aliphatic carbocycles. The van der Waals surface area contributed by atoms with Crippen molar-refractivity contribution in [2.45, 2.75) is 70.1 Å². The van der Waals surface area contributed by atoms with Gasteiger partial charge in [0.15, 0.2) is 0 Å². The van der Waals surface area contributed by atoms with E-state index in [4.69, 9.17) is 4.74 Å². The van der Waals surface area contributed by atoms with Gasteiger partial charge in [-0.2, -0.15) is 0 Å². The molecule has 0 spiro atoms. The zero-order valence-electron chi connectivity index (χ0n) is 18.6. The Hall–Kier alpha value is -2.50. The number of hydrogen-bond acceptors (Lipinski definition) is 6. The van der Waals surface area contributed by atoms with E-state index in [0.717, 1.165) is 17.7 Å². The van der Waals surface area contributed by atoms with Gasteiger partial charge in [-0.3, -0.25) is 14.9 Å². The fraction of sp³-hybridized carbons (Fsp3) is 0.619. The van der Waals surface area contributed by atoms with Crippen molar-refractivity contribution in [1.82, 2.24) is 10.2 Å². The standard InChI is InChI=1S/C21H27BrF2N4O5/c1-20(2,3)33-19(30)26-15-7-5-4-6-14(15)25-17-13(8-12(22)9-16(17)28(31)32)18(29)27-10-21(23,24)11-27/h8-9,14-15,25H,4-7,10-11H2,1-3H3,(H,26,30)/t14-,15+/m1/s1. The summed E-state index contributed by atoms with van der Waals surface area (Å²) in [4.78, 5) is 37.3. The number of hydrogen-bond donors (Lipinski definition) is 2. The highest BCUT2D eigenvalue weighted by molar-refractivity contribution is 9.10. The van der Waals surface area contributed by atoms with E-state index < -0.39 is 53.6 Å². The number of rotatable bonds is 5. The SMILES string of the molecule is CC(C)(C)OC(=O)N[C@H]1CCCC[C@H]1Nc1c(C(=O)N2CC(F)(F)C2)cc(Br)cc1[N+](=O)[O-]. The number of carbonyl (C=O) groups is 2. The first-order valence-corrected chi connectivity index (χ1v) is 11.5. The van der Waals surface area contributed by atoms with Crippen molar-refractivity contribution in [2.24, 2.45) is 0 Å². The van der Waals surface area contributed by atoms with E-state index in [1.54, 1.807) is 20.8 Å². The molecule has 1 aliphatic heterocycles. The number of nitro benzene ring substituents is 1. The fourth-order valence-electron chi connectivity index (χ4n) is 4.00. The van der Waals surface area contributed by atoms with Gasteiger partial charge in [-0.25, -0.2) is 13.6 Å². The first kappa shape index (κ1) is 25.1. The lowest BCUT2D eigenvalue weighted by atomic mass is 9.89. The van der Waals surface area contributed by atoms with Crippen molar-refractivity contribution < 1.29 is 28.0 Å². The van der Waals surface area contributed by atoms with Crippen molar-refractivity contribution in [2.75, 3.05) is 18.4 Å². The number of alkyl halides is 2. The van der Waals surface area contributed by atoms with Crippen LogP contribution in [0.4, 0.5) is 25.0 Å². The highest BCUT2D eigenvalue weighted by Crippen LogP contribution is 2.37. The Morgan fingerprint density at radius 3 is 2.36 bits per heavy atom. The maximum Gasteiger partial charge on any atom is 0.407 e. The third-order valence-corrected chi connectivity index (χ3v) is 5.90. The zero-order valence-corrected chi connectivity index (χ0v) is 20.2. The number of nitrogens with one attached hydrogen (secondary N) is 2. The Bertz CT molecular complexity index is 945. The Kier molecular flexibility index (Phi) is 7.15. The van der Waals surface area contributed by atoms with Gasteiger partial charge in [0, 0.05) is 16.6 Å². The van der Waals surface area contributed by atoms with Gasteiger partial charge in [-0.1, -0.05) is 28.8 Å². The summed E-state index contributed by atoms with van der Waals surface area (Å²) in [5, 5.41) is 17.7. The maximum absolute atomic E-state index is 13.3. The highest BCUT2D eigenvalue weighted by atomic mass is 79.9. The molecule has 0 aromatic heterocycles. The Morgan fingerprint density at radius 1 is 1.21 bits per heavy atom. The molecular formula is C21H27BrF2N4O5. The van der Waals surface area contributed by atoms with Crippen LogP contribution in [0.2, 0.25) is 0 Å².